The summed E-state index contributed by atoms with van der Waals surface area (Å²) in [6.45, 7) is 4.07. The van der Waals surface area contributed by atoms with Gasteiger partial charge in [-0.3, -0.25) is 4.79 Å². The van der Waals surface area contributed by atoms with Crippen molar-refractivity contribution in [2.75, 3.05) is 0 Å². The van der Waals surface area contributed by atoms with Crippen molar-refractivity contribution < 1.29 is 9.90 Å². The zero-order valence-electron chi connectivity index (χ0n) is 14.4. The number of phenolic OH excluding ortho intramolecular Hbond substituents is 1. The summed E-state index contributed by atoms with van der Waals surface area (Å²) >= 11 is 1.33. The van der Waals surface area contributed by atoms with Gasteiger partial charge < -0.3 is 10.4 Å². The number of nitrogens with one attached hydrogen (secondary N) is 1. The summed E-state index contributed by atoms with van der Waals surface area (Å²) in [5, 5.41) is 24.5. The third-order valence-corrected chi connectivity index (χ3v) is 5.66. The third kappa shape index (κ3) is 4.31. The fourth-order valence-corrected chi connectivity index (χ4v) is 3.87. The number of rotatable bonds is 5. The lowest BCUT2D eigenvalue weighted by molar-refractivity contribution is -0.121. The summed E-state index contributed by atoms with van der Waals surface area (Å²) in [5.41, 5.74) is 0.735. The Morgan fingerprint density at radius 2 is 2.04 bits per heavy atom. The number of hydrogen-bond acceptors (Lipinski definition) is 6. The zero-order chi connectivity index (χ0) is 17.8. The Kier molecular flexibility index (Phi) is 5.57. The van der Waals surface area contributed by atoms with Crippen LogP contribution in [0.2, 0.25) is 0 Å². The van der Waals surface area contributed by atoms with Crippen LogP contribution in [0.5, 0.6) is 5.75 Å². The van der Waals surface area contributed by atoms with E-state index in [1.54, 1.807) is 28.9 Å². The molecule has 8 heteroatoms. The molecular formula is C17H23N5O2S. The minimum absolute atomic E-state index is 0.0176. The molecule has 1 heterocycles. The third-order valence-electron chi connectivity index (χ3n) is 4.63. The molecule has 0 saturated heterocycles. The predicted molar refractivity (Wildman–Crippen MR) is 95.7 cm³/mol. The summed E-state index contributed by atoms with van der Waals surface area (Å²) in [4.78, 5) is 12.5. The molecule has 25 heavy (non-hydrogen) atoms. The fourth-order valence-electron chi connectivity index (χ4n) is 3.05. The van der Waals surface area contributed by atoms with E-state index in [9.17, 15) is 9.90 Å². The molecule has 2 N–H and O–H groups in total. The van der Waals surface area contributed by atoms with Crippen LogP contribution in [0.15, 0.2) is 29.4 Å². The monoisotopic (exact) mass is 361 g/mol. The lowest BCUT2D eigenvalue weighted by Gasteiger charge is -2.30. The average molecular weight is 361 g/mol. The van der Waals surface area contributed by atoms with Gasteiger partial charge >= 0.3 is 0 Å². The summed E-state index contributed by atoms with van der Waals surface area (Å²) < 4.78 is 1.57. The van der Waals surface area contributed by atoms with E-state index in [0.29, 0.717) is 11.1 Å². The quantitative estimate of drug-likeness (QED) is 0.795. The Bertz CT molecular complexity index is 718. The van der Waals surface area contributed by atoms with Gasteiger partial charge in [-0.1, -0.05) is 31.5 Å². The maximum atomic E-state index is 12.5. The maximum absolute atomic E-state index is 12.5. The van der Waals surface area contributed by atoms with Gasteiger partial charge in [0.15, 0.2) is 0 Å². The van der Waals surface area contributed by atoms with Crippen molar-refractivity contribution in [3.05, 3.63) is 24.3 Å². The van der Waals surface area contributed by atoms with Crippen molar-refractivity contribution in [3.63, 3.8) is 0 Å². The molecule has 1 saturated carbocycles. The van der Waals surface area contributed by atoms with Crippen molar-refractivity contribution >= 4 is 17.7 Å². The molecule has 134 valence electrons. The number of carbonyl (C=O) groups is 1. The summed E-state index contributed by atoms with van der Waals surface area (Å²) in [6.07, 6.45) is 4.65. The van der Waals surface area contributed by atoms with E-state index in [1.807, 2.05) is 6.92 Å². The van der Waals surface area contributed by atoms with Crippen molar-refractivity contribution in [2.24, 2.45) is 5.92 Å². The van der Waals surface area contributed by atoms with Gasteiger partial charge in [-0.2, -0.15) is 4.68 Å². The largest absolute Gasteiger partial charge is 0.508 e. The molecule has 1 aromatic carbocycles. The van der Waals surface area contributed by atoms with Gasteiger partial charge in [-0.15, -0.1) is 5.10 Å². The SMILES string of the molecule is C[C@@H]1CCCC[C@@H]1NC(=O)[C@@H](C)Sc1nnnn1-c1ccc(O)cc1. The second-order valence-corrected chi connectivity index (χ2v) is 7.83. The molecule has 1 amide bonds. The first-order valence-corrected chi connectivity index (χ1v) is 9.47. The van der Waals surface area contributed by atoms with Gasteiger partial charge in [-0.25, -0.2) is 0 Å². The van der Waals surface area contributed by atoms with Crippen LogP contribution in [0.25, 0.3) is 5.69 Å². The molecule has 2 aromatic rings. The summed E-state index contributed by atoms with van der Waals surface area (Å²) in [7, 11) is 0. The Morgan fingerprint density at radius 3 is 2.76 bits per heavy atom. The first-order chi connectivity index (χ1) is 12.0. The molecule has 0 radical (unpaired) electrons. The summed E-state index contributed by atoms with van der Waals surface area (Å²) in [5.74, 6) is 0.724. The van der Waals surface area contributed by atoms with Crippen molar-refractivity contribution in [1.29, 1.82) is 0 Å². The second-order valence-electron chi connectivity index (χ2n) is 6.53. The number of carbonyl (C=O) groups excluding carboxylic acids is 1. The van der Waals surface area contributed by atoms with Crippen molar-refractivity contribution in [3.8, 4) is 11.4 Å². The number of aromatic nitrogens is 4. The molecule has 1 aliphatic carbocycles. The first kappa shape index (κ1) is 17.7. The van der Waals surface area contributed by atoms with Crippen LogP contribution in [-0.4, -0.2) is 42.5 Å². The number of amides is 1. The number of tetrazole rings is 1. The minimum atomic E-state index is -0.295. The van der Waals surface area contributed by atoms with Gasteiger partial charge in [-0.05, 0) is 60.4 Å². The van der Waals surface area contributed by atoms with E-state index in [-0.39, 0.29) is 22.9 Å². The molecule has 0 spiro atoms. The number of hydrogen-bond donors (Lipinski definition) is 2. The van der Waals surface area contributed by atoms with Crippen molar-refractivity contribution in [1.82, 2.24) is 25.5 Å². The van der Waals surface area contributed by atoms with Crippen LogP contribution in [0, 0.1) is 5.92 Å². The highest BCUT2D eigenvalue weighted by Gasteiger charge is 2.26. The molecule has 1 fully saturated rings. The Hall–Kier alpha value is -2.09. The average Bonchev–Trinajstić information content (AvgIpc) is 3.05. The van der Waals surface area contributed by atoms with Crippen LogP contribution in [0.1, 0.15) is 39.5 Å². The highest BCUT2D eigenvalue weighted by molar-refractivity contribution is 8.00. The van der Waals surface area contributed by atoms with E-state index in [4.69, 9.17) is 0 Å². The molecular weight excluding hydrogens is 338 g/mol. The van der Waals surface area contributed by atoms with Crippen molar-refractivity contribution in [2.45, 2.75) is 56.0 Å². The molecule has 1 aliphatic rings. The minimum Gasteiger partial charge on any atom is -0.508 e. The van der Waals surface area contributed by atoms with E-state index in [2.05, 4.69) is 27.8 Å². The Labute approximate surface area is 151 Å². The molecule has 3 rings (SSSR count). The maximum Gasteiger partial charge on any atom is 0.233 e. The van der Waals surface area contributed by atoms with Gasteiger partial charge in [0.1, 0.15) is 5.75 Å². The van der Waals surface area contributed by atoms with Crippen LogP contribution in [0.3, 0.4) is 0 Å². The van der Waals surface area contributed by atoms with Gasteiger partial charge in [0.2, 0.25) is 11.1 Å². The second kappa shape index (κ2) is 7.86. The molecule has 0 unspecified atom stereocenters. The first-order valence-electron chi connectivity index (χ1n) is 8.59. The van der Waals surface area contributed by atoms with E-state index in [1.165, 1.54) is 31.0 Å². The lowest BCUT2D eigenvalue weighted by Crippen LogP contribution is -2.44. The topological polar surface area (TPSA) is 92.9 Å². The van der Waals surface area contributed by atoms with Crippen LogP contribution >= 0.6 is 11.8 Å². The number of phenols is 1. The Balaban J connectivity index is 1.65. The normalized spacial score (nSPS) is 21.7. The van der Waals surface area contributed by atoms with Gasteiger partial charge in [0, 0.05) is 6.04 Å². The molecule has 0 aliphatic heterocycles. The predicted octanol–water partition coefficient (Wildman–Crippen LogP) is 2.54. The molecule has 7 nitrogen and oxygen atoms in total. The smallest absolute Gasteiger partial charge is 0.233 e. The lowest BCUT2D eigenvalue weighted by atomic mass is 9.86. The number of nitrogens with zero attached hydrogens (tertiary/aromatic N) is 4. The molecule has 0 bridgehead atoms. The molecule has 1 aromatic heterocycles. The summed E-state index contributed by atoms with van der Waals surface area (Å²) in [6, 6.07) is 6.87. The van der Waals surface area contributed by atoms with Crippen LogP contribution < -0.4 is 5.32 Å². The van der Waals surface area contributed by atoms with E-state index in [0.717, 1.165) is 12.1 Å². The van der Waals surface area contributed by atoms with Gasteiger partial charge in [0.25, 0.3) is 0 Å². The highest BCUT2D eigenvalue weighted by atomic mass is 32.2. The van der Waals surface area contributed by atoms with Crippen LogP contribution in [-0.2, 0) is 4.79 Å². The number of aromatic hydroxyl groups is 1. The zero-order valence-corrected chi connectivity index (χ0v) is 15.2. The van der Waals surface area contributed by atoms with E-state index < -0.39 is 0 Å². The number of benzene rings is 1. The van der Waals surface area contributed by atoms with Gasteiger partial charge in [0.05, 0.1) is 10.9 Å². The van der Waals surface area contributed by atoms with E-state index >= 15 is 0 Å². The fraction of sp³-hybridized carbons (Fsp3) is 0.529. The highest BCUT2D eigenvalue weighted by Crippen LogP contribution is 2.26. The Morgan fingerprint density at radius 1 is 1.32 bits per heavy atom. The molecule has 3 atom stereocenters. The van der Waals surface area contributed by atoms with Crippen LogP contribution in [0.4, 0.5) is 0 Å². The standard InChI is InChI=1S/C17H23N5O2S/c1-11-5-3-4-6-15(11)18-16(24)12(2)25-17-19-20-21-22(17)13-7-9-14(23)10-8-13/h7-12,15,23H,3-6H2,1-2H3,(H,18,24)/t11-,12-,15+/m1/s1. The number of thioether (sulfide) groups is 1.